The standard InChI is InChI=1S/C12H16O2/c1-10-4-2-5-11(8-10)12(13)6-3-7-14-9-12/h2,4-5,8,13H,3,6-7,9H2,1H3. The van der Waals surface area contributed by atoms with Gasteiger partial charge in [-0.1, -0.05) is 29.8 Å². The number of aryl methyl sites for hydroxylation is 1. The fourth-order valence-corrected chi connectivity index (χ4v) is 1.94. The van der Waals surface area contributed by atoms with Crippen molar-refractivity contribution in [2.45, 2.75) is 25.4 Å². The van der Waals surface area contributed by atoms with E-state index in [1.165, 1.54) is 5.56 Å². The number of rotatable bonds is 1. The predicted molar refractivity (Wildman–Crippen MR) is 55.1 cm³/mol. The van der Waals surface area contributed by atoms with E-state index in [9.17, 15) is 5.11 Å². The highest BCUT2D eigenvalue weighted by molar-refractivity contribution is 5.27. The van der Waals surface area contributed by atoms with Crippen LogP contribution in [0, 0.1) is 6.92 Å². The number of ether oxygens (including phenoxy) is 1. The molecule has 76 valence electrons. The number of aliphatic hydroxyl groups is 1. The van der Waals surface area contributed by atoms with Crippen molar-refractivity contribution in [2.24, 2.45) is 0 Å². The summed E-state index contributed by atoms with van der Waals surface area (Å²) in [5.74, 6) is 0. The van der Waals surface area contributed by atoms with E-state index in [1.807, 2.05) is 31.2 Å². The molecule has 0 radical (unpaired) electrons. The molecular weight excluding hydrogens is 176 g/mol. The first-order chi connectivity index (χ1) is 6.71. The van der Waals surface area contributed by atoms with Crippen molar-refractivity contribution in [1.29, 1.82) is 0 Å². The third kappa shape index (κ3) is 1.81. The molecule has 1 saturated heterocycles. The van der Waals surface area contributed by atoms with Gasteiger partial charge in [0.05, 0.1) is 6.61 Å². The van der Waals surface area contributed by atoms with Crippen LogP contribution in [0.5, 0.6) is 0 Å². The molecule has 0 aliphatic carbocycles. The van der Waals surface area contributed by atoms with Gasteiger partial charge in [-0.3, -0.25) is 0 Å². The first-order valence-electron chi connectivity index (χ1n) is 5.08. The average Bonchev–Trinajstić information content (AvgIpc) is 2.19. The van der Waals surface area contributed by atoms with Gasteiger partial charge in [-0.15, -0.1) is 0 Å². The second kappa shape index (κ2) is 3.71. The fraction of sp³-hybridized carbons (Fsp3) is 0.500. The molecule has 2 heteroatoms. The van der Waals surface area contributed by atoms with Gasteiger partial charge < -0.3 is 9.84 Å². The summed E-state index contributed by atoms with van der Waals surface area (Å²) < 4.78 is 5.33. The Morgan fingerprint density at radius 2 is 2.29 bits per heavy atom. The summed E-state index contributed by atoms with van der Waals surface area (Å²) in [6.45, 7) is 3.24. The Hall–Kier alpha value is -0.860. The Morgan fingerprint density at radius 3 is 2.93 bits per heavy atom. The van der Waals surface area contributed by atoms with E-state index in [4.69, 9.17) is 4.74 Å². The van der Waals surface area contributed by atoms with Crippen LogP contribution in [0.1, 0.15) is 24.0 Å². The predicted octanol–water partition coefficient (Wildman–Crippen LogP) is 1.99. The maximum Gasteiger partial charge on any atom is 0.113 e. The van der Waals surface area contributed by atoms with Crippen molar-refractivity contribution in [2.75, 3.05) is 13.2 Å². The highest BCUT2D eigenvalue weighted by Crippen LogP contribution is 2.30. The highest BCUT2D eigenvalue weighted by Gasteiger charge is 2.31. The number of benzene rings is 1. The summed E-state index contributed by atoms with van der Waals surface area (Å²) in [6.07, 6.45) is 1.74. The van der Waals surface area contributed by atoms with Gasteiger partial charge in [0, 0.05) is 6.61 Å². The van der Waals surface area contributed by atoms with Crippen LogP contribution in [-0.2, 0) is 10.3 Å². The van der Waals surface area contributed by atoms with E-state index in [0.29, 0.717) is 6.61 Å². The van der Waals surface area contributed by atoms with Gasteiger partial charge in [0.2, 0.25) is 0 Å². The minimum Gasteiger partial charge on any atom is -0.383 e. The van der Waals surface area contributed by atoms with Gasteiger partial charge in [0.25, 0.3) is 0 Å². The molecule has 1 heterocycles. The quantitative estimate of drug-likeness (QED) is 0.737. The molecule has 1 aromatic carbocycles. The van der Waals surface area contributed by atoms with Crippen molar-refractivity contribution >= 4 is 0 Å². The Kier molecular flexibility index (Phi) is 2.57. The molecule has 14 heavy (non-hydrogen) atoms. The maximum absolute atomic E-state index is 10.3. The molecule has 0 spiro atoms. The van der Waals surface area contributed by atoms with E-state index in [2.05, 4.69) is 0 Å². The second-order valence-electron chi connectivity index (χ2n) is 4.06. The molecule has 0 bridgehead atoms. The van der Waals surface area contributed by atoms with Crippen LogP contribution in [0.25, 0.3) is 0 Å². The van der Waals surface area contributed by atoms with Gasteiger partial charge >= 0.3 is 0 Å². The third-order valence-electron chi connectivity index (χ3n) is 2.78. The van der Waals surface area contributed by atoms with Gasteiger partial charge in [-0.2, -0.15) is 0 Å². The molecule has 1 aliphatic heterocycles. The summed E-state index contributed by atoms with van der Waals surface area (Å²) in [6, 6.07) is 8.03. The SMILES string of the molecule is Cc1cccc(C2(O)CCCOC2)c1. The van der Waals surface area contributed by atoms with E-state index >= 15 is 0 Å². The zero-order valence-electron chi connectivity index (χ0n) is 8.49. The van der Waals surface area contributed by atoms with Crippen molar-refractivity contribution in [1.82, 2.24) is 0 Å². The van der Waals surface area contributed by atoms with E-state index in [-0.39, 0.29) is 0 Å². The van der Waals surface area contributed by atoms with Crippen molar-refractivity contribution in [3.05, 3.63) is 35.4 Å². The average molecular weight is 192 g/mol. The number of hydrogen-bond donors (Lipinski definition) is 1. The minimum absolute atomic E-state index is 0.427. The van der Waals surface area contributed by atoms with Gasteiger partial charge in [0.1, 0.15) is 5.60 Å². The van der Waals surface area contributed by atoms with Crippen molar-refractivity contribution in [3.8, 4) is 0 Å². The molecule has 1 fully saturated rings. The molecular formula is C12H16O2. The molecule has 1 N–H and O–H groups in total. The second-order valence-corrected chi connectivity index (χ2v) is 4.06. The molecule has 0 amide bonds. The van der Waals surface area contributed by atoms with Gasteiger partial charge in [-0.05, 0) is 25.3 Å². The Balaban J connectivity index is 2.28. The lowest BCUT2D eigenvalue weighted by molar-refractivity contribution is -0.0903. The largest absolute Gasteiger partial charge is 0.383 e. The molecule has 1 unspecified atom stereocenters. The van der Waals surface area contributed by atoms with Crippen LogP contribution in [0.3, 0.4) is 0 Å². The van der Waals surface area contributed by atoms with Crippen molar-refractivity contribution < 1.29 is 9.84 Å². The number of hydrogen-bond acceptors (Lipinski definition) is 2. The van der Waals surface area contributed by atoms with Gasteiger partial charge in [-0.25, -0.2) is 0 Å². The molecule has 0 aromatic heterocycles. The zero-order chi connectivity index (χ0) is 10.0. The lowest BCUT2D eigenvalue weighted by Crippen LogP contribution is -2.35. The van der Waals surface area contributed by atoms with E-state index < -0.39 is 5.60 Å². The monoisotopic (exact) mass is 192 g/mol. The van der Waals surface area contributed by atoms with Crippen LogP contribution in [0.4, 0.5) is 0 Å². The van der Waals surface area contributed by atoms with Gasteiger partial charge in [0.15, 0.2) is 0 Å². The van der Waals surface area contributed by atoms with Crippen LogP contribution in [-0.4, -0.2) is 18.3 Å². The summed E-state index contributed by atoms with van der Waals surface area (Å²) in [5.41, 5.74) is 1.41. The molecule has 1 aliphatic rings. The topological polar surface area (TPSA) is 29.5 Å². The first-order valence-corrected chi connectivity index (χ1v) is 5.08. The summed E-state index contributed by atoms with van der Waals surface area (Å²) >= 11 is 0. The van der Waals surface area contributed by atoms with E-state index in [1.54, 1.807) is 0 Å². The lowest BCUT2D eigenvalue weighted by atomic mass is 9.88. The highest BCUT2D eigenvalue weighted by atomic mass is 16.5. The maximum atomic E-state index is 10.3. The van der Waals surface area contributed by atoms with E-state index in [0.717, 1.165) is 25.0 Å². The van der Waals surface area contributed by atoms with Crippen LogP contribution in [0.2, 0.25) is 0 Å². The summed E-state index contributed by atoms with van der Waals surface area (Å²) in [5, 5.41) is 10.3. The molecule has 2 rings (SSSR count). The molecule has 1 atom stereocenters. The Labute approximate surface area is 84.5 Å². The van der Waals surface area contributed by atoms with Crippen molar-refractivity contribution in [3.63, 3.8) is 0 Å². The first kappa shape index (κ1) is 9.69. The third-order valence-corrected chi connectivity index (χ3v) is 2.78. The molecule has 1 aromatic rings. The zero-order valence-corrected chi connectivity index (χ0v) is 8.49. The molecule has 0 saturated carbocycles. The Bertz CT molecular complexity index is 314. The molecule has 2 nitrogen and oxygen atoms in total. The Morgan fingerprint density at radius 1 is 1.43 bits per heavy atom. The minimum atomic E-state index is -0.760. The lowest BCUT2D eigenvalue weighted by Gasteiger charge is -2.32. The van der Waals surface area contributed by atoms with Crippen LogP contribution >= 0.6 is 0 Å². The summed E-state index contributed by atoms with van der Waals surface area (Å²) in [4.78, 5) is 0. The normalized spacial score (nSPS) is 27.6. The van der Waals surface area contributed by atoms with Crippen LogP contribution in [0.15, 0.2) is 24.3 Å². The fourth-order valence-electron chi connectivity index (χ4n) is 1.94. The summed E-state index contributed by atoms with van der Waals surface area (Å²) in [7, 11) is 0. The smallest absolute Gasteiger partial charge is 0.113 e. The van der Waals surface area contributed by atoms with Crippen LogP contribution < -0.4 is 0 Å².